The highest BCUT2D eigenvalue weighted by atomic mass is 35.5. The first-order valence-corrected chi connectivity index (χ1v) is 9.87. The minimum absolute atomic E-state index is 0. The number of halogens is 2. The van der Waals surface area contributed by atoms with Crippen molar-refractivity contribution in [3.63, 3.8) is 0 Å². The number of allylic oxidation sites excluding steroid dienone is 1. The lowest BCUT2D eigenvalue weighted by Gasteiger charge is -2.18. The summed E-state index contributed by atoms with van der Waals surface area (Å²) in [5, 5.41) is 4.44. The van der Waals surface area contributed by atoms with E-state index >= 15 is 0 Å². The molecule has 0 aliphatic carbocycles. The van der Waals surface area contributed by atoms with Gasteiger partial charge >= 0.3 is 0 Å². The van der Waals surface area contributed by atoms with Crippen LogP contribution < -0.4 is 9.64 Å². The van der Waals surface area contributed by atoms with Crippen molar-refractivity contribution in [1.82, 2.24) is 9.78 Å². The smallest absolute Gasteiger partial charge is 0.181 e. The maximum Gasteiger partial charge on any atom is 0.181 e. The number of para-hydroxylation sites is 1. The van der Waals surface area contributed by atoms with E-state index in [0.29, 0.717) is 6.73 Å². The van der Waals surface area contributed by atoms with Crippen molar-refractivity contribution in [3.05, 3.63) is 83.2 Å². The minimum atomic E-state index is 0. The topological polar surface area (TPSA) is 42.6 Å². The van der Waals surface area contributed by atoms with E-state index in [4.69, 9.17) is 9.73 Å². The Morgan fingerprint density at radius 3 is 2.58 bits per heavy atom. The number of rotatable bonds is 5. The van der Waals surface area contributed by atoms with Gasteiger partial charge in [-0.1, -0.05) is 36.4 Å². The van der Waals surface area contributed by atoms with Crippen LogP contribution in [0.25, 0.3) is 6.08 Å². The lowest BCUT2D eigenvalue weighted by molar-refractivity contribution is 0.218. The minimum Gasteiger partial charge on any atom is -0.471 e. The Bertz CT molecular complexity index is 1070. The second kappa shape index (κ2) is 11.0. The number of aliphatic imine (C=N–C) groups is 1. The molecule has 3 aromatic rings. The Morgan fingerprint density at radius 2 is 1.81 bits per heavy atom. The molecule has 2 aromatic carbocycles. The number of hydrogen-bond donors (Lipinski definition) is 0. The van der Waals surface area contributed by atoms with Gasteiger partial charge in [0.15, 0.2) is 6.73 Å². The summed E-state index contributed by atoms with van der Waals surface area (Å²) >= 11 is 0. The summed E-state index contributed by atoms with van der Waals surface area (Å²) in [4.78, 5) is 7.04. The van der Waals surface area contributed by atoms with Crippen LogP contribution in [0.5, 0.6) is 5.75 Å². The van der Waals surface area contributed by atoms with Crippen LogP contribution in [0, 0.1) is 13.8 Å². The molecule has 0 saturated heterocycles. The third kappa shape index (κ3) is 5.90. The van der Waals surface area contributed by atoms with Crippen LogP contribution in [0.1, 0.15) is 22.5 Å². The van der Waals surface area contributed by atoms with Crippen molar-refractivity contribution < 1.29 is 4.74 Å². The van der Waals surface area contributed by atoms with Gasteiger partial charge in [-0.2, -0.15) is 5.10 Å². The van der Waals surface area contributed by atoms with Crippen molar-refractivity contribution in [3.8, 4) is 5.75 Å². The number of aromatic nitrogens is 2. The Hall–Kier alpha value is -2.76. The molecule has 0 radical (unpaired) electrons. The highest BCUT2D eigenvalue weighted by Crippen LogP contribution is 2.23. The van der Waals surface area contributed by atoms with Gasteiger partial charge in [0.05, 0.1) is 18.0 Å². The summed E-state index contributed by atoms with van der Waals surface area (Å²) in [7, 11) is 2.12. The van der Waals surface area contributed by atoms with Gasteiger partial charge in [-0.25, -0.2) is 4.68 Å². The lowest BCUT2D eigenvalue weighted by atomic mass is 10.1. The second-order valence-corrected chi connectivity index (χ2v) is 7.31. The van der Waals surface area contributed by atoms with Crippen molar-refractivity contribution in [1.29, 1.82) is 0 Å². The van der Waals surface area contributed by atoms with Gasteiger partial charge in [0, 0.05) is 30.5 Å². The van der Waals surface area contributed by atoms with E-state index < -0.39 is 0 Å². The van der Waals surface area contributed by atoms with Crippen LogP contribution in [0.3, 0.4) is 0 Å². The number of hydrogen-bond acceptors (Lipinski definition) is 4. The van der Waals surface area contributed by atoms with Gasteiger partial charge < -0.3 is 9.64 Å². The van der Waals surface area contributed by atoms with E-state index in [2.05, 4.69) is 59.5 Å². The highest BCUT2D eigenvalue weighted by Gasteiger charge is 2.13. The van der Waals surface area contributed by atoms with E-state index in [9.17, 15) is 0 Å². The Balaban J connectivity index is 0.00000171. The van der Waals surface area contributed by atoms with Gasteiger partial charge in [-0.3, -0.25) is 4.99 Å². The Labute approximate surface area is 196 Å². The molecule has 1 aliphatic heterocycles. The molecule has 1 aliphatic rings. The molecule has 4 rings (SSSR count). The first kappa shape index (κ1) is 24.5. The monoisotopic (exact) mass is 458 g/mol. The fraction of sp³-hybridized carbons (Fsp3) is 0.250. The zero-order valence-corrected chi connectivity index (χ0v) is 19.6. The van der Waals surface area contributed by atoms with Crippen LogP contribution in [0.4, 0.5) is 5.69 Å². The molecule has 31 heavy (non-hydrogen) atoms. The molecule has 2 heterocycles. The molecular formula is C24H28Cl2N4O. The standard InChI is InChI=1S/C24H26N4O.2ClH/c1-18-15-19(2)28(26-18)17-29-21-8-6-7-20(16-21)11-12-23-22-9-4-5-10-24(22)27(3)14-13-25-23;;/h4-12,15-16H,13-14,17H2,1-3H3;2*1H/b12-11+;;. The van der Waals surface area contributed by atoms with Crippen LogP contribution in [0.2, 0.25) is 0 Å². The first-order chi connectivity index (χ1) is 14.1. The molecule has 0 saturated carbocycles. The van der Waals surface area contributed by atoms with Crippen molar-refractivity contribution in [2.75, 3.05) is 25.0 Å². The quantitative estimate of drug-likeness (QED) is 0.518. The van der Waals surface area contributed by atoms with Crippen molar-refractivity contribution in [2.24, 2.45) is 4.99 Å². The maximum atomic E-state index is 5.94. The summed E-state index contributed by atoms with van der Waals surface area (Å²) < 4.78 is 7.81. The van der Waals surface area contributed by atoms with Gasteiger partial charge in [-0.15, -0.1) is 24.8 Å². The predicted octanol–water partition coefficient (Wildman–Crippen LogP) is 5.33. The zero-order chi connectivity index (χ0) is 20.2. The van der Waals surface area contributed by atoms with E-state index in [-0.39, 0.29) is 24.8 Å². The number of likely N-dealkylation sites (N-methyl/N-ethyl adjacent to an activating group) is 1. The number of nitrogens with zero attached hydrogens (tertiary/aromatic N) is 4. The number of fused-ring (bicyclic) bond motifs is 1. The average Bonchev–Trinajstić information content (AvgIpc) is 2.96. The van der Waals surface area contributed by atoms with E-state index in [1.54, 1.807) is 0 Å². The molecule has 0 spiro atoms. The van der Waals surface area contributed by atoms with E-state index in [0.717, 1.165) is 41.5 Å². The summed E-state index contributed by atoms with van der Waals surface area (Å²) in [5.74, 6) is 0.822. The zero-order valence-electron chi connectivity index (χ0n) is 18.0. The SMILES string of the molecule is Cc1cc(C)n(COc2cccc(/C=C/C3=NCCN(C)c4ccccc43)c2)n1.Cl.Cl. The summed E-state index contributed by atoms with van der Waals surface area (Å²) in [6.07, 6.45) is 4.19. The molecule has 0 N–H and O–H groups in total. The molecular weight excluding hydrogens is 431 g/mol. The van der Waals surface area contributed by atoms with Crippen LogP contribution in [-0.4, -0.2) is 35.6 Å². The van der Waals surface area contributed by atoms with E-state index in [1.165, 1.54) is 11.3 Å². The molecule has 0 atom stereocenters. The Morgan fingerprint density at radius 1 is 1.00 bits per heavy atom. The Kier molecular flexibility index (Phi) is 8.72. The third-order valence-electron chi connectivity index (χ3n) is 5.06. The molecule has 0 unspecified atom stereocenters. The van der Waals surface area contributed by atoms with Gasteiger partial charge in [0.25, 0.3) is 0 Å². The molecule has 7 heteroatoms. The number of aryl methyl sites for hydroxylation is 2. The number of ether oxygens (including phenoxy) is 1. The average molecular weight is 459 g/mol. The predicted molar refractivity (Wildman–Crippen MR) is 133 cm³/mol. The van der Waals surface area contributed by atoms with Crippen LogP contribution in [-0.2, 0) is 6.73 Å². The normalized spacial score (nSPS) is 13.0. The molecule has 164 valence electrons. The van der Waals surface area contributed by atoms with Crippen LogP contribution >= 0.6 is 24.8 Å². The fourth-order valence-corrected chi connectivity index (χ4v) is 3.52. The summed E-state index contributed by atoms with van der Waals surface area (Å²) in [5.41, 5.74) is 6.56. The second-order valence-electron chi connectivity index (χ2n) is 7.31. The first-order valence-electron chi connectivity index (χ1n) is 9.87. The van der Waals surface area contributed by atoms with Crippen molar-refractivity contribution >= 4 is 42.3 Å². The number of anilines is 1. The molecule has 1 aromatic heterocycles. The molecule has 0 fully saturated rings. The van der Waals surface area contributed by atoms with Gasteiger partial charge in [0.1, 0.15) is 5.75 Å². The van der Waals surface area contributed by atoms with Crippen LogP contribution in [0.15, 0.2) is 65.7 Å². The van der Waals surface area contributed by atoms with Crippen molar-refractivity contribution in [2.45, 2.75) is 20.6 Å². The molecule has 0 amide bonds. The van der Waals surface area contributed by atoms with E-state index in [1.807, 2.05) is 42.8 Å². The highest BCUT2D eigenvalue weighted by molar-refractivity contribution is 6.14. The fourth-order valence-electron chi connectivity index (χ4n) is 3.52. The molecule has 0 bridgehead atoms. The number of benzodiazepines with no additional fused rings is 1. The lowest BCUT2D eigenvalue weighted by Crippen LogP contribution is -2.20. The largest absolute Gasteiger partial charge is 0.471 e. The van der Waals surface area contributed by atoms with Gasteiger partial charge in [0.2, 0.25) is 0 Å². The molecule has 5 nitrogen and oxygen atoms in total. The maximum absolute atomic E-state index is 5.94. The summed E-state index contributed by atoms with van der Waals surface area (Å²) in [6, 6.07) is 18.6. The summed E-state index contributed by atoms with van der Waals surface area (Å²) in [6.45, 7) is 6.13. The van der Waals surface area contributed by atoms with Gasteiger partial charge in [-0.05, 0) is 49.8 Å². The number of benzene rings is 2. The third-order valence-corrected chi connectivity index (χ3v) is 5.06.